The van der Waals surface area contributed by atoms with Crippen LogP contribution in [0.3, 0.4) is 0 Å². The molecule has 2 unspecified atom stereocenters. The van der Waals surface area contributed by atoms with Gasteiger partial charge in [-0.1, -0.05) is 55.7 Å². The zero-order valence-corrected chi connectivity index (χ0v) is 23.3. The first-order chi connectivity index (χ1) is 16.6. The first kappa shape index (κ1) is 27.3. The number of aryl methyl sites for hydroxylation is 2. The second-order valence-electron chi connectivity index (χ2n) is 10.9. The van der Waals surface area contributed by atoms with E-state index in [2.05, 4.69) is 102 Å². The van der Waals surface area contributed by atoms with Gasteiger partial charge in [-0.05, 0) is 89.3 Å². The molecular weight excluding hydrogens is 430 g/mol. The molecule has 1 heterocycles. The molecule has 3 atom stereocenters. The molecule has 35 heavy (non-hydrogen) atoms. The molecule has 1 aromatic rings. The Labute approximate surface area is 213 Å². The van der Waals surface area contributed by atoms with Crippen LogP contribution in [0.4, 0.5) is 0 Å². The number of hydrogen-bond donors (Lipinski definition) is 2. The molecule has 1 aromatic carbocycles. The summed E-state index contributed by atoms with van der Waals surface area (Å²) in [5.74, 6) is 0.838. The second kappa shape index (κ2) is 11.6. The maximum atomic E-state index is 13.4. The summed E-state index contributed by atoms with van der Waals surface area (Å²) in [5.41, 5.74) is 7.15. The number of unbranched alkanes of at least 4 members (excludes halogenated alkanes) is 1. The molecular formula is C31H47N3O. The molecule has 1 aliphatic carbocycles. The van der Waals surface area contributed by atoms with E-state index in [0.717, 1.165) is 31.8 Å². The molecule has 2 N–H and O–H groups in total. The number of hydrogen-bond acceptors (Lipinski definition) is 3. The van der Waals surface area contributed by atoms with Gasteiger partial charge in [0.25, 0.3) is 0 Å². The van der Waals surface area contributed by atoms with Crippen LogP contribution in [0.25, 0.3) is 5.70 Å². The van der Waals surface area contributed by atoms with Crippen molar-refractivity contribution in [3.8, 4) is 0 Å². The van der Waals surface area contributed by atoms with Crippen molar-refractivity contribution < 1.29 is 4.79 Å². The third-order valence-electron chi connectivity index (χ3n) is 7.69. The van der Waals surface area contributed by atoms with Crippen molar-refractivity contribution in [1.82, 2.24) is 15.5 Å². The molecule has 0 bridgehead atoms. The largest absolute Gasteiger partial charge is 0.377 e. The van der Waals surface area contributed by atoms with Gasteiger partial charge in [-0.15, -0.1) is 0 Å². The lowest BCUT2D eigenvalue weighted by Crippen LogP contribution is -2.42. The summed E-state index contributed by atoms with van der Waals surface area (Å²) >= 11 is 0. The predicted molar refractivity (Wildman–Crippen MR) is 149 cm³/mol. The quantitative estimate of drug-likeness (QED) is 0.383. The molecule has 1 amide bonds. The molecule has 3 rings (SSSR count). The highest BCUT2D eigenvalue weighted by molar-refractivity contribution is 5.86. The van der Waals surface area contributed by atoms with Gasteiger partial charge in [-0.2, -0.15) is 0 Å². The number of allylic oxidation sites excluding steroid dienone is 1. The van der Waals surface area contributed by atoms with Gasteiger partial charge >= 0.3 is 0 Å². The number of benzene rings is 1. The summed E-state index contributed by atoms with van der Waals surface area (Å²) < 4.78 is 0. The van der Waals surface area contributed by atoms with Gasteiger partial charge in [0.05, 0.1) is 11.5 Å². The maximum Gasteiger partial charge on any atom is 0.232 e. The van der Waals surface area contributed by atoms with Crippen LogP contribution < -0.4 is 10.6 Å². The van der Waals surface area contributed by atoms with E-state index in [9.17, 15) is 4.79 Å². The van der Waals surface area contributed by atoms with Crippen LogP contribution in [0.15, 0.2) is 47.6 Å². The number of amides is 1. The smallest absolute Gasteiger partial charge is 0.232 e. The molecule has 0 spiro atoms. The van der Waals surface area contributed by atoms with Crippen LogP contribution in [-0.2, 0) is 4.79 Å². The number of nitrogens with zero attached hydrogens (tertiary/aromatic N) is 1. The fourth-order valence-electron chi connectivity index (χ4n) is 5.64. The third kappa shape index (κ3) is 5.91. The lowest BCUT2D eigenvalue weighted by Gasteiger charge is -2.34. The van der Waals surface area contributed by atoms with Crippen LogP contribution in [-0.4, -0.2) is 43.0 Å². The highest BCUT2D eigenvalue weighted by Gasteiger charge is 2.41. The van der Waals surface area contributed by atoms with Gasteiger partial charge in [0, 0.05) is 31.2 Å². The Hall–Kier alpha value is -2.33. The van der Waals surface area contributed by atoms with Crippen molar-refractivity contribution in [2.45, 2.75) is 74.3 Å². The molecule has 0 fully saturated rings. The summed E-state index contributed by atoms with van der Waals surface area (Å²) in [7, 11) is 0. The van der Waals surface area contributed by atoms with Gasteiger partial charge < -0.3 is 15.5 Å². The lowest BCUT2D eigenvalue weighted by atomic mass is 9.74. The Morgan fingerprint density at radius 3 is 2.37 bits per heavy atom. The molecule has 0 aromatic heterocycles. The lowest BCUT2D eigenvalue weighted by molar-refractivity contribution is -0.137. The first-order valence-corrected chi connectivity index (χ1v) is 13.6. The summed E-state index contributed by atoms with van der Waals surface area (Å²) in [6.07, 6.45) is 9.25. The Morgan fingerprint density at radius 2 is 1.77 bits per heavy atom. The van der Waals surface area contributed by atoms with E-state index in [-0.39, 0.29) is 17.9 Å². The maximum absolute atomic E-state index is 13.4. The summed E-state index contributed by atoms with van der Waals surface area (Å²) in [6, 6.07) is 7.06. The predicted octanol–water partition coefficient (Wildman–Crippen LogP) is 6.02. The number of nitrogens with one attached hydrogen (secondary N) is 2. The SMILES string of the molecule is CCCCNC[C@@H](C)C1=C(c2cc(C)cc(C)c2)NC2C=CC(C(C)(C)C(=O)N(CC)CC)=CC12. The van der Waals surface area contributed by atoms with Crippen molar-refractivity contribution in [3.63, 3.8) is 0 Å². The standard InChI is InChI=1S/C31H47N3O/c1-9-12-15-32-20-23(6)28-26-19-25(31(7,8)30(35)34(10-2)11-3)13-14-27(26)33-29(28)24-17-21(4)16-22(5)18-24/h13-14,16-19,23,26-27,32-33H,9-12,15,20H2,1-8H3/t23-,26?,27?/m1/s1. The zero-order valence-electron chi connectivity index (χ0n) is 23.3. The van der Waals surface area contributed by atoms with Gasteiger partial charge in [-0.25, -0.2) is 0 Å². The third-order valence-corrected chi connectivity index (χ3v) is 7.69. The van der Waals surface area contributed by atoms with E-state index in [1.54, 1.807) is 0 Å². The molecule has 4 nitrogen and oxygen atoms in total. The molecule has 0 saturated carbocycles. The number of carbonyl (C=O) groups is 1. The number of rotatable bonds is 11. The first-order valence-electron chi connectivity index (χ1n) is 13.6. The minimum absolute atomic E-state index is 0.206. The molecule has 0 saturated heterocycles. The van der Waals surface area contributed by atoms with Crippen LogP contribution in [0.2, 0.25) is 0 Å². The zero-order chi connectivity index (χ0) is 25.8. The van der Waals surface area contributed by atoms with Crippen molar-refractivity contribution in [2.24, 2.45) is 17.3 Å². The van der Waals surface area contributed by atoms with Crippen LogP contribution >= 0.6 is 0 Å². The fourth-order valence-corrected chi connectivity index (χ4v) is 5.64. The van der Waals surface area contributed by atoms with E-state index < -0.39 is 5.41 Å². The van der Waals surface area contributed by atoms with E-state index in [0.29, 0.717) is 5.92 Å². The number of fused-ring (bicyclic) bond motifs is 1. The number of carbonyl (C=O) groups excluding carboxylic acids is 1. The van der Waals surface area contributed by atoms with Gasteiger partial charge in [0.2, 0.25) is 5.91 Å². The fraction of sp³-hybridized carbons (Fsp3) is 0.581. The minimum atomic E-state index is -0.552. The van der Waals surface area contributed by atoms with E-state index >= 15 is 0 Å². The van der Waals surface area contributed by atoms with Crippen molar-refractivity contribution >= 4 is 11.6 Å². The topological polar surface area (TPSA) is 44.4 Å². The Morgan fingerprint density at radius 1 is 1.11 bits per heavy atom. The van der Waals surface area contributed by atoms with Crippen LogP contribution in [0, 0.1) is 31.1 Å². The van der Waals surface area contributed by atoms with Gasteiger partial charge in [0.1, 0.15) is 0 Å². The van der Waals surface area contributed by atoms with E-state index in [1.165, 1.54) is 40.8 Å². The monoisotopic (exact) mass is 477 g/mol. The summed E-state index contributed by atoms with van der Waals surface area (Å²) in [5, 5.41) is 7.55. The molecule has 2 aliphatic rings. The molecule has 1 aliphatic heterocycles. The Balaban J connectivity index is 2.02. The summed E-state index contributed by atoms with van der Waals surface area (Å²) in [4.78, 5) is 15.4. The van der Waals surface area contributed by atoms with Crippen molar-refractivity contribution in [2.75, 3.05) is 26.2 Å². The molecule has 0 radical (unpaired) electrons. The second-order valence-corrected chi connectivity index (χ2v) is 10.9. The highest BCUT2D eigenvalue weighted by Crippen LogP contribution is 2.43. The average molecular weight is 478 g/mol. The molecule has 4 heteroatoms. The summed E-state index contributed by atoms with van der Waals surface area (Å²) in [6.45, 7) is 20.7. The highest BCUT2D eigenvalue weighted by atomic mass is 16.2. The molecule has 192 valence electrons. The van der Waals surface area contributed by atoms with Crippen LogP contribution in [0.5, 0.6) is 0 Å². The van der Waals surface area contributed by atoms with Crippen molar-refractivity contribution in [3.05, 3.63) is 64.3 Å². The van der Waals surface area contributed by atoms with E-state index in [1.807, 2.05) is 4.90 Å². The Kier molecular flexibility index (Phi) is 9.04. The Bertz CT molecular complexity index is 976. The van der Waals surface area contributed by atoms with Gasteiger partial charge in [-0.3, -0.25) is 4.79 Å². The van der Waals surface area contributed by atoms with E-state index in [4.69, 9.17) is 0 Å². The normalized spacial score (nSPS) is 20.4. The van der Waals surface area contributed by atoms with Crippen LogP contribution in [0.1, 0.15) is 71.1 Å². The minimum Gasteiger partial charge on any atom is -0.377 e. The average Bonchev–Trinajstić information content (AvgIpc) is 3.21. The van der Waals surface area contributed by atoms with Crippen molar-refractivity contribution in [1.29, 1.82) is 0 Å². The van der Waals surface area contributed by atoms with Gasteiger partial charge in [0.15, 0.2) is 0 Å².